The Morgan fingerprint density at radius 1 is 1.37 bits per heavy atom. The predicted octanol–water partition coefficient (Wildman–Crippen LogP) is 3.40. The molecule has 0 radical (unpaired) electrons. The molecule has 2 aromatic rings. The zero-order valence-corrected chi connectivity index (χ0v) is 12.5. The summed E-state index contributed by atoms with van der Waals surface area (Å²) >= 11 is 1.68. The summed E-state index contributed by atoms with van der Waals surface area (Å²) in [6.45, 7) is 6.73. The van der Waals surface area contributed by atoms with E-state index in [1.54, 1.807) is 11.3 Å². The van der Waals surface area contributed by atoms with E-state index in [0.29, 0.717) is 6.61 Å². The Balaban J connectivity index is 2.03. The molecule has 2 N–H and O–H groups in total. The average molecular weight is 276 g/mol. The van der Waals surface area contributed by atoms with Gasteiger partial charge < -0.3 is 10.5 Å². The van der Waals surface area contributed by atoms with Gasteiger partial charge in [0.2, 0.25) is 0 Å². The minimum Gasteiger partial charge on any atom is -0.493 e. The molecule has 1 heterocycles. The Kier molecular flexibility index (Phi) is 4.56. The van der Waals surface area contributed by atoms with Crippen molar-refractivity contribution in [2.24, 2.45) is 5.73 Å². The molecule has 4 heteroatoms. The summed E-state index contributed by atoms with van der Waals surface area (Å²) in [6.07, 6.45) is 0.892. The fraction of sp³-hybridized carbons (Fsp3) is 0.400. The summed E-state index contributed by atoms with van der Waals surface area (Å²) in [5.41, 5.74) is 11.2. The summed E-state index contributed by atoms with van der Waals surface area (Å²) in [4.78, 5) is 5.53. The van der Waals surface area contributed by atoms with Crippen molar-refractivity contribution in [2.75, 3.05) is 6.61 Å². The third-order valence-corrected chi connectivity index (χ3v) is 4.09. The van der Waals surface area contributed by atoms with Crippen molar-refractivity contribution < 1.29 is 4.74 Å². The molecule has 0 fully saturated rings. The Labute approximate surface area is 118 Å². The first-order chi connectivity index (χ1) is 9.08. The number of aryl methyl sites for hydroxylation is 2. The summed E-state index contributed by atoms with van der Waals surface area (Å²) < 4.78 is 5.91. The van der Waals surface area contributed by atoms with Crippen LogP contribution in [0.4, 0.5) is 0 Å². The van der Waals surface area contributed by atoms with E-state index in [0.717, 1.165) is 23.4 Å². The monoisotopic (exact) mass is 276 g/mol. The Hall–Kier alpha value is -1.39. The van der Waals surface area contributed by atoms with Gasteiger partial charge >= 0.3 is 0 Å². The van der Waals surface area contributed by atoms with Gasteiger partial charge in [-0.2, -0.15) is 0 Å². The molecule has 0 saturated carbocycles. The fourth-order valence-corrected chi connectivity index (χ4v) is 2.73. The van der Waals surface area contributed by atoms with Gasteiger partial charge in [0.15, 0.2) is 0 Å². The number of ether oxygens (including phenoxy) is 1. The average Bonchev–Trinajstić information content (AvgIpc) is 2.75. The highest BCUT2D eigenvalue weighted by molar-refractivity contribution is 7.09. The van der Waals surface area contributed by atoms with E-state index in [-0.39, 0.29) is 6.04 Å². The van der Waals surface area contributed by atoms with Gasteiger partial charge in [-0.1, -0.05) is 12.1 Å². The zero-order chi connectivity index (χ0) is 13.8. The molecule has 1 aromatic carbocycles. The Morgan fingerprint density at radius 2 is 2.16 bits per heavy atom. The lowest BCUT2D eigenvalue weighted by atomic mass is 10.1. The molecule has 2 rings (SSSR count). The van der Waals surface area contributed by atoms with E-state index in [1.807, 2.05) is 25.4 Å². The van der Waals surface area contributed by atoms with Crippen LogP contribution in [0.3, 0.4) is 0 Å². The highest BCUT2D eigenvalue weighted by Gasteiger charge is 2.09. The van der Waals surface area contributed by atoms with Gasteiger partial charge in [-0.05, 0) is 32.4 Å². The number of hydrogen-bond acceptors (Lipinski definition) is 4. The van der Waals surface area contributed by atoms with Gasteiger partial charge in [0.05, 0.1) is 17.8 Å². The quantitative estimate of drug-likeness (QED) is 0.910. The van der Waals surface area contributed by atoms with Crippen LogP contribution in [0, 0.1) is 13.8 Å². The van der Waals surface area contributed by atoms with Crippen molar-refractivity contribution >= 4 is 11.3 Å². The van der Waals surface area contributed by atoms with Crippen molar-refractivity contribution in [2.45, 2.75) is 33.2 Å². The standard InChI is InChI=1S/C15H20N2OS/c1-10-4-5-13(11(2)16)14(8-10)18-7-6-15-12(3)17-9-19-15/h4-5,8-9,11H,6-7,16H2,1-3H3/t11-/m0/s1. The maximum Gasteiger partial charge on any atom is 0.124 e. The molecule has 102 valence electrons. The van der Waals surface area contributed by atoms with Gasteiger partial charge in [0.25, 0.3) is 0 Å². The third-order valence-electron chi connectivity index (χ3n) is 3.09. The molecule has 0 amide bonds. The molecule has 0 aliphatic carbocycles. The zero-order valence-electron chi connectivity index (χ0n) is 11.6. The second kappa shape index (κ2) is 6.17. The summed E-state index contributed by atoms with van der Waals surface area (Å²) in [7, 11) is 0. The molecule has 0 saturated heterocycles. The number of benzene rings is 1. The first-order valence-corrected chi connectivity index (χ1v) is 7.34. The van der Waals surface area contributed by atoms with Gasteiger partial charge in [0, 0.05) is 22.9 Å². The van der Waals surface area contributed by atoms with Crippen molar-refractivity contribution in [3.05, 3.63) is 45.4 Å². The van der Waals surface area contributed by atoms with E-state index < -0.39 is 0 Å². The van der Waals surface area contributed by atoms with Gasteiger partial charge in [-0.15, -0.1) is 11.3 Å². The van der Waals surface area contributed by atoms with Crippen molar-refractivity contribution in [3.8, 4) is 5.75 Å². The van der Waals surface area contributed by atoms with E-state index in [9.17, 15) is 0 Å². The Morgan fingerprint density at radius 3 is 2.79 bits per heavy atom. The van der Waals surface area contributed by atoms with Gasteiger partial charge in [-0.3, -0.25) is 0 Å². The molecule has 1 aromatic heterocycles. The highest BCUT2D eigenvalue weighted by atomic mass is 32.1. The number of nitrogens with two attached hydrogens (primary N) is 1. The second-order valence-corrected chi connectivity index (χ2v) is 5.73. The summed E-state index contributed by atoms with van der Waals surface area (Å²) in [5.74, 6) is 0.900. The minimum atomic E-state index is -0.0132. The van der Waals surface area contributed by atoms with Crippen LogP contribution in [-0.4, -0.2) is 11.6 Å². The van der Waals surface area contributed by atoms with E-state index in [2.05, 4.69) is 24.0 Å². The van der Waals surface area contributed by atoms with Crippen LogP contribution in [0.1, 0.15) is 34.7 Å². The van der Waals surface area contributed by atoms with Crippen LogP contribution < -0.4 is 10.5 Å². The highest BCUT2D eigenvalue weighted by Crippen LogP contribution is 2.25. The number of thiazole rings is 1. The van der Waals surface area contributed by atoms with Crippen molar-refractivity contribution in [1.82, 2.24) is 4.98 Å². The molecule has 0 aliphatic rings. The molecular formula is C15H20N2OS. The third kappa shape index (κ3) is 3.55. The molecule has 1 atom stereocenters. The number of hydrogen-bond donors (Lipinski definition) is 1. The smallest absolute Gasteiger partial charge is 0.124 e. The number of aromatic nitrogens is 1. The number of nitrogens with zero attached hydrogens (tertiary/aromatic N) is 1. The molecule has 0 aliphatic heterocycles. The van der Waals surface area contributed by atoms with Crippen LogP contribution in [0.2, 0.25) is 0 Å². The van der Waals surface area contributed by atoms with E-state index in [1.165, 1.54) is 10.4 Å². The van der Waals surface area contributed by atoms with Crippen LogP contribution in [0.5, 0.6) is 5.75 Å². The van der Waals surface area contributed by atoms with Crippen LogP contribution >= 0.6 is 11.3 Å². The topological polar surface area (TPSA) is 48.1 Å². The maximum absolute atomic E-state index is 5.97. The predicted molar refractivity (Wildman–Crippen MR) is 79.8 cm³/mol. The lowest BCUT2D eigenvalue weighted by molar-refractivity contribution is 0.317. The SMILES string of the molecule is Cc1ccc([C@H](C)N)c(OCCc2scnc2C)c1. The maximum atomic E-state index is 5.97. The normalized spacial score (nSPS) is 12.4. The summed E-state index contributed by atoms with van der Waals surface area (Å²) in [5, 5.41) is 0. The largest absolute Gasteiger partial charge is 0.493 e. The fourth-order valence-electron chi connectivity index (χ4n) is 1.96. The minimum absolute atomic E-state index is 0.0132. The van der Waals surface area contributed by atoms with E-state index >= 15 is 0 Å². The van der Waals surface area contributed by atoms with E-state index in [4.69, 9.17) is 10.5 Å². The van der Waals surface area contributed by atoms with Crippen LogP contribution in [0.15, 0.2) is 23.7 Å². The summed E-state index contributed by atoms with van der Waals surface area (Å²) in [6, 6.07) is 6.16. The lowest BCUT2D eigenvalue weighted by Gasteiger charge is -2.14. The Bertz CT molecular complexity index is 549. The molecule has 3 nitrogen and oxygen atoms in total. The first kappa shape index (κ1) is 14.0. The molecular weight excluding hydrogens is 256 g/mol. The van der Waals surface area contributed by atoms with Gasteiger partial charge in [-0.25, -0.2) is 4.98 Å². The van der Waals surface area contributed by atoms with Crippen LogP contribution in [-0.2, 0) is 6.42 Å². The lowest BCUT2D eigenvalue weighted by Crippen LogP contribution is -2.09. The molecule has 0 spiro atoms. The van der Waals surface area contributed by atoms with Crippen LogP contribution in [0.25, 0.3) is 0 Å². The van der Waals surface area contributed by atoms with Gasteiger partial charge in [0.1, 0.15) is 5.75 Å². The molecule has 0 bridgehead atoms. The molecule has 0 unspecified atom stereocenters. The first-order valence-electron chi connectivity index (χ1n) is 6.46. The second-order valence-electron chi connectivity index (χ2n) is 4.79. The van der Waals surface area contributed by atoms with Crippen molar-refractivity contribution in [1.29, 1.82) is 0 Å². The number of rotatable bonds is 5. The van der Waals surface area contributed by atoms with Crippen molar-refractivity contribution in [3.63, 3.8) is 0 Å². The molecule has 19 heavy (non-hydrogen) atoms.